The Hall–Kier alpha value is -1.37. The highest BCUT2D eigenvalue weighted by molar-refractivity contribution is 7.12. The van der Waals surface area contributed by atoms with E-state index < -0.39 is 24.1 Å². The van der Waals surface area contributed by atoms with Gasteiger partial charge in [-0.25, -0.2) is 0 Å². The number of hydrogen-bond acceptors (Lipinski definition) is 4. The molecule has 1 aromatic heterocycles. The van der Waals surface area contributed by atoms with Crippen LogP contribution in [0.25, 0.3) is 0 Å². The lowest BCUT2D eigenvalue weighted by Crippen LogP contribution is -2.26. The van der Waals surface area contributed by atoms with E-state index in [-0.39, 0.29) is 4.88 Å². The lowest BCUT2D eigenvalue weighted by atomic mass is 10.1. The summed E-state index contributed by atoms with van der Waals surface area (Å²) < 4.78 is 36.5. The number of halogens is 3. The molecule has 0 aromatic carbocycles. The van der Waals surface area contributed by atoms with Gasteiger partial charge in [0.05, 0.1) is 11.3 Å². The van der Waals surface area contributed by atoms with Crippen LogP contribution in [0.4, 0.5) is 13.2 Å². The van der Waals surface area contributed by atoms with E-state index >= 15 is 0 Å². The zero-order valence-electron chi connectivity index (χ0n) is 7.41. The highest BCUT2D eigenvalue weighted by Crippen LogP contribution is 2.21. The number of nitrogens with two attached hydrogens (primary N) is 1. The fourth-order valence-electron chi connectivity index (χ4n) is 0.895. The molecule has 0 bridgehead atoms. The normalized spacial score (nSPS) is 12.9. The summed E-state index contributed by atoms with van der Waals surface area (Å²) in [6.45, 7) is 0. The maximum absolute atomic E-state index is 12.2. The Kier molecular flexibility index (Phi) is 3.46. The molecule has 0 atom stereocenters. The molecule has 0 aliphatic heterocycles. The summed E-state index contributed by atoms with van der Waals surface area (Å²) in [5.41, 5.74) is -1.26. The van der Waals surface area contributed by atoms with Crippen molar-refractivity contribution in [2.45, 2.75) is 12.6 Å². The summed E-state index contributed by atoms with van der Waals surface area (Å²) in [4.78, 5) is 11.6. The van der Waals surface area contributed by atoms with Gasteiger partial charge in [-0.05, 0) is 11.4 Å². The van der Waals surface area contributed by atoms with Gasteiger partial charge in [0.15, 0.2) is 5.78 Å². The minimum absolute atomic E-state index is 0.264. The molecule has 0 radical (unpaired) electrons. The first kappa shape index (κ1) is 11.7. The van der Waals surface area contributed by atoms with E-state index in [1.165, 1.54) is 6.07 Å². The summed E-state index contributed by atoms with van der Waals surface area (Å²) in [6.07, 6.45) is -5.47. The topological polar surface area (TPSA) is 55.4 Å². The molecule has 15 heavy (non-hydrogen) atoms. The number of carbonyl (C=O) groups is 1. The second kappa shape index (κ2) is 4.43. The largest absolute Gasteiger partial charge is 0.431 e. The van der Waals surface area contributed by atoms with Crippen LogP contribution in [0, 0.1) is 0 Å². The molecule has 1 aromatic rings. The summed E-state index contributed by atoms with van der Waals surface area (Å²) in [6, 6.07) is 3.04. The van der Waals surface area contributed by atoms with Crippen LogP contribution < -0.4 is 5.84 Å². The number of hydrazone groups is 1. The van der Waals surface area contributed by atoms with Gasteiger partial charge in [0.25, 0.3) is 0 Å². The minimum atomic E-state index is -4.65. The third-order valence-electron chi connectivity index (χ3n) is 1.61. The Morgan fingerprint density at radius 2 is 2.20 bits per heavy atom. The van der Waals surface area contributed by atoms with Crippen LogP contribution in [0.3, 0.4) is 0 Å². The average Bonchev–Trinajstić information content (AvgIpc) is 2.64. The van der Waals surface area contributed by atoms with Gasteiger partial charge in [0.2, 0.25) is 0 Å². The predicted molar refractivity (Wildman–Crippen MR) is 50.9 cm³/mol. The molecule has 0 fully saturated rings. The minimum Gasteiger partial charge on any atom is -0.323 e. The van der Waals surface area contributed by atoms with Crippen molar-refractivity contribution < 1.29 is 18.0 Å². The van der Waals surface area contributed by atoms with E-state index in [1.54, 1.807) is 11.4 Å². The van der Waals surface area contributed by atoms with Gasteiger partial charge in [-0.2, -0.15) is 18.3 Å². The molecular formula is C8H7F3N2OS. The van der Waals surface area contributed by atoms with Crippen molar-refractivity contribution >= 4 is 22.8 Å². The fourth-order valence-corrected chi connectivity index (χ4v) is 1.56. The van der Waals surface area contributed by atoms with Crippen LogP contribution in [0.2, 0.25) is 0 Å². The van der Waals surface area contributed by atoms with E-state index in [1.807, 2.05) is 0 Å². The third-order valence-corrected chi connectivity index (χ3v) is 2.52. The molecule has 82 valence electrons. The molecule has 0 amide bonds. The van der Waals surface area contributed by atoms with Gasteiger partial charge in [-0.15, -0.1) is 11.3 Å². The number of nitrogens with zero attached hydrogens (tertiary/aromatic N) is 1. The van der Waals surface area contributed by atoms with Crippen molar-refractivity contribution in [3.05, 3.63) is 22.4 Å². The number of carbonyl (C=O) groups excluding carboxylic acids is 1. The Morgan fingerprint density at radius 1 is 1.53 bits per heavy atom. The number of hydrogen-bond donors (Lipinski definition) is 1. The lowest BCUT2D eigenvalue weighted by molar-refractivity contribution is -0.0603. The molecule has 2 N–H and O–H groups in total. The van der Waals surface area contributed by atoms with E-state index in [4.69, 9.17) is 0 Å². The first-order valence-corrected chi connectivity index (χ1v) is 4.73. The zero-order chi connectivity index (χ0) is 11.5. The Balaban J connectivity index is 2.74. The molecular weight excluding hydrogens is 229 g/mol. The van der Waals surface area contributed by atoms with Crippen molar-refractivity contribution in [1.29, 1.82) is 0 Å². The summed E-state index contributed by atoms with van der Waals surface area (Å²) in [5.74, 6) is 3.95. The molecule has 0 saturated heterocycles. The van der Waals surface area contributed by atoms with Crippen LogP contribution in [0.15, 0.2) is 22.6 Å². The average molecular weight is 236 g/mol. The van der Waals surface area contributed by atoms with Gasteiger partial charge in [0, 0.05) is 0 Å². The number of rotatable bonds is 3. The standard InChI is InChI=1S/C8H7F3N2OS/c9-8(10,11)7(13-12)4-5(14)6-2-1-3-15-6/h1-3H,4,12H2/b13-7-. The monoisotopic (exact) mass is 236 g/mol. The number of alkyl halides is 3. The van der Waals surface area contributed by atoms with E-state index in [2.05, 4.69) is 10.9 Å². The van der Waals surface area contributed by atoms with Crippen molar-refractivity contribution in [2.24, 2.45) is 10.9 Å². The van der Waals surface area contributed by atoms with Gasteiger partial charge in [-0.3, -0.25) is 4.79 Å². The van der Waals surface area contributed by atoms with Crippen molar-refractivity contribution in [2.75, 3.05) is 0 Å². The van der Waals surface area contributed by atoms with Crippen molar-refractivity contribution in [3.63, 3.8) is 0 Å². The summed E-state index contributed by atoms with van der Waals surface area (Å²) >= 11 is 1.08. The smallest absolute Gasteiger partial charge is 0.323 e. The SMILES string of the molecule is N/N=C(/CC(=O)c1cccs1)C(F)(F)F. The molecule has 7 heteroatoms. The summed E-state index contributed by atoms with van der Waals surface area (Å²) in [7, 11) is 0. The van der Waals surface area contributed by atoms with E-state index in [0.29, 0.717) is 0 Å². The maximum atomic E-state index is 12.2. The molecule has 1 heterocycles. The fraction of sp³-hybridized carbons (Fsp3) is 0.250. The predicted octanol–water partition coefficient (Wildman–Crippen LogP) is 2.20. The first-order valence-electron chi connectivity index (χ1n) is 3.86. The molecule has 0 unspecified atom stereocenters. The lowest BCUT2D eigenvalue weighted by Gasteiger charge is -2.07. The highest BCUT2D eigenvalue weighted by atomic mass is 32.1. The Labute approximate surface area is 87.4 Å². The molecule has 3 nitrogen and oxygen atoms in total. The van der Waals surface area contributed by atoms with Gasteiger partial charge < -0.3 is 5.84 Å². The van der Waals surface area contributed by atoms with Gasteiger partial charge >= 0.3 is 6.18 Å². The van der Waals surface area contributed by atoms with Crippen LogP contribution in [-0.2, 0) is 0 Å². The first-order chi connectivity index (χ1) is 6.95. The van der Waals surface area contributed by atoms with Crippen LogP contribution >= 0.6 is 11.3 Å². The molecule has 1 rings (SSSR count). The number of Topliss-reactive ketones (excluding diaryl/α,β-unsaturated/α-hetero) is 1. The summed E-state index contributed by atoms with van der Waals surface area (Å²) in [5, 5.41) is 4.20. The molecule has 0 spiro atoms. The second-order valence-electron chi connectivity index (χ2n) is 2.65. The quantitative estimate of drug-likeness (QED) is 0.378. The van der Waals surface area contributed by atoms with Crippen molar-refractivity contribution in [1.82, 2.24) is 0 Å². The Morgan fingerprint density at radius 3 is 2.60 bits per heavy atom. The maximum Gasteiger partial charge on any atom is 0.431 e. The Bertz CT molecular complexity index is 370. The molecule has 0 saturated carbocycles. The second-order valence-corrected chi connectivity index (χ2v) is 3.60. The zero-order valence-corrected chi connectivity index (χ0v) is 8.23. The molecule has 0 aliphatic carbocycles. The van der Waals surface area contributed by atoms with Crippen molar-refractivity contribution in [3.8, 4) is 0 Å². The third kappa shape index (κ3) is 3.05. The van der Waals surface area contributed by atoms with Crippen LogP contribution in [0.1, 0.15) is 16.1 Å². The number of ketones is 1. The van der Waals surface area contributed by atoms with E-state index in [0.717, 1.165) is 11.3 Å². The van der Waals surface area contributed by atoms with Gasteiger partial charge in [-0.1, -0.05) is 6.07 Å². The number of thiophene rings is 1. The van der Waals surface area contributed by atoms with Gasteiger partial charge in [0.1, 0.15) is 5.71 Å². The highest BCUT2D eigenvalue weighted by Gasteiger charge is 2.37. The van der Waals surface area contributed by atoms with E-state index in [9.17, 15) is 18.0 Å². The molecule has 0 aliphatic rings. The van der Waals surface area contributed by atoms with Crippen LogP contribution in [0.5, 0.6) is 0 Å². The van der Waals surface area contributed by atoms with Crippen LogP contribution in [-0.4, -0.2) is 17.7 Å².